The van der Waals surface area contributed by atoms with Gasteiger partial charge in [0, 0.05) is 50.6 Å². The number of hydrogen-bond donors (Lipinski definition) is 1. The van der Waals surface area contributed by atoms with Crippen LogP contribution in [0.15, 0.2) is 42.6 Å². The fourth-order valence-corrected chi connectivity index (χ4v) is 4.86. The van der Waals surface area contributed by atoms with Crippen LogP contribution in [0.4, 0.5) is 42.5 Å². The Balaban J connectivity index is 1.63. The lowest BCUT2D eigenvalue weighted by Crippen LogP contribution is -2.53. The molecule has 40 heavy (non-hydrogen) atoms. The summed E-state index contributed by atoms with van der Waals surface area (Å²) in [6, 6.07) is 8.55. The number of unbranched alkanes of at least 4 members (excludes halogenated alkanes) is 2. The molecule has 0 saturated carbocycles. The zero-order valence-corrected chi connectivity index (χ0v) is 23.9. The van der Waals surface area contributed by atoms with Crippen LogP contribution in [-0.4, -0.2) is 58.7 Å². The van der Waals surface area contributed by atoms with Crippen LogP contribution in [0.5, 0.6) is 0 Å². The van der Waals surface area contributed by atoms with Gasteiger partial charge in [-0.05, 0) is 56.2 Å². The lowest BCUT2D eigenvalue weighted by Gasteiger charge is -2.40. The van der Waals surface area contributed by atoms with E-state index in [0.29, 0.717) is 48.2 Å². The van der Waals surface area contributed by atoms with Crippen molar-refractivity contribution in [3.05, 3.63) is 53.2 Å². The van der Waals surface area contributed by atoms with Gasteiger partial charge >= 0.3 is 6.18 Å². The number of benzene rings is 1. The molecule has 3 aromatic rings. The number of pyridine rings is 1. The highest BCUT2D eigenvalue weighted by molar-refractivity contribution is 6.32. The molecule has 0 aliphatic carbocycles. The monoisotopic (exact) mass is 576 g/mol. The Bertz CT molecular complexity index is 1230. The van der Waals surface area contributed by atoms with Gasteiger partial charge in [0.1, 0.15) is 5.82 Å². The topological polar surface area (TPSA) is 73.3 Å². The van der Waals surface area contributed by atoms with E-state index in [1.54, 1.807) is 6.20 Å². The number of nitrogens with one attached hydrogen (secondary N) is 1. The summed E-state index contributed by atoms with van der Waals surface area (Å²) in [5, 5.41) is 3.71. The number of halogens is 4. The molecular weight excluding hydrogens is 541 g/mol. The van der Waals surface area contributed by atoms with E-state index in [1.807, 2.05) is 12.1 Å². The molecule has 12 heteroatoms. The summed E-state index contributed by atoms with van der Waals surface area (Å²) >= 11 is 6.40. The van der Waals surface area contributed by atoms with Crippen molar-refractivity contribution >= 4 is 41.0 Å². The zero-order valence-electron chi connectivity index (χ0n) is 23.1. The normalized spacial score (nSPS) is 15.8. The zero-order chi connectivity index (χ0) is 28.7. The highest BCUT2D eigenvalue weighted by Crippen LogP contribution is 2.31. The van der Waals surface area contributed by atoms with Crippen LogP contribution in [0, 0.1) is 0 Å². The number of alkyl halides is 3. The van der Waals surface area contributed by atoms with Gasteiger partial charge in [-0.15, -0.1) is 0 Å². The molecule has 1 aromatic carbocycles. The molecule has 0 radical (unpaired) electrons. The first kappa shape index (κ1) is 29.6. The smallest absolute Gasteiger partial charge is 0.352 e. The largest absolute Gasteiger partial charge is 0.416 e. The maximum Gasteiger partial charge on any atom is 0.416 e. The third-order valence-electron chi connectivity index (χ3n) is 6.85. The molecule has 1 saturated heterocycles. The van der Waals surface area contributed by atoms with E-state index in [9.17, 15) is 13.2 Å². The van der Waals surface area contributed by atoms with Crippen molar-refractivity contribution in [3.63, 3.8) is 0 Å². The quantitative estimate of drug-likeness (QED) is 0.267. The molecule has 0 amide bonds. The van der Waals surface area contributed by atoms with Gasteiger partial charge in [-0.3, -0.25) is 0 Å². The maximum absolute atomic E-state index is 13.1. The number of hydrogen-bond acceptors (Lipinski definition) is 8. The van der Waals surface area contributed by atoms with E-state index in [4.69, 9.17) is 26.6 Å². The van der Waals surface area contributed by atoms with Crippen LogP contribution in [-0.2, 0) is 6.18 Å². The average molecular weight is 577 g/mol. The predicted octanol–water partition coefficient (Wildman–Crippen LogP) is 6.80. The van der Waals surface area contributed by atoms with E-state index in [-0.39, 0.29) is 6.04 Å². The molecule has 2 aromatic heterocycles. The SMILES string of the molecule is CCCCN(CCCC)c1nc(Nc2ccc(C(F)(F)F)cc2)nc(N2CCN(c3ncccc3Cl)C[C@H]2C)n1. The summed E-state index contributed by atoms with van der Waals surface area (Å²) in [4.78, 5) is 25.2. The van der Waals surface area contributed by atoms with Crippen LogP contribution < -0.4 is 20.0 Å². The molecule has 1 aliphatic heterocycles. The van der Waals surface area contributed by atoms with Crippen LogP contribution in [0.25, 0.3) is 0 Å². The van der Waals surface area contributed by atoms with Crippen molar-refractivity contribution in [1.82, 2.24) is 19.9 Å². The van der Waals surface area contributed by atoms with Crippen LogP contribution in [0.2, 0.25) is 5.02 Å². The molecule has 1 N–H and O–H groups in total. The number of aromatic nitrogens is 4. The van der Waals surface area contributed by atoms with E-state index >= 15 is 0 Å². The lowest BCUT2D eigenvalue weighted by atomic mass is 10.2. The number of nitrogens with zero attached hydrogens (tertiary/aromatic N) is 7. The standard InChI is InChI=1S/C28H36ClF3N8/c1-4-6-15-38(16-7-5-2)26-35-25(34-22-12-10-21(11-13-22)28(30,31)32)36-27(37-26)40-18-17-39(19-20(40)3)24-23(29)9-8-14-33-24/h8-14,20H,4-7,15-19H2,1-3H3,(H,34,35,36,37)/t20-/m1/s1. The van der Waals surface area contributed by atoms with Gasteiger partial charge in [-0.25, -0.2) is 4.98 Å². The molecular formula is C28H36ClF3N8. The molecule has 0 spiro atoms. The first-order valence-corrected chi connectivity index (χ1v) is 14.1. The van der Waals surface area contributed by atoms with Gasteiger partial charge in [-0.1, -0.05) is 38.3 Å². The molecule has 3 heterocycles. The summed E-state index contributed by atoms with van der Waals surface area (Å²) in [5.41, 5.74) is -0.243. The summed E-state index contributed by atoms with van der Waals surface area (Å²) < 4.78 is 39.2. The molecule has 216 valence electrons. The van der Waals surface area contributed by atoms with Crippen molar-refractivity contribution in [1.29, 1.82) is 0 Å². The Morgan fingerprint density at radius 3 is 2.30 bits per heavy atom. The van der Waals surface area contributed by atoms with Gasteiger partial charge in [-0.2, -0.15) is 28.1 Å². The molecule has 4 rings (SSSR count). The minimum atomic E-state index is -4.40. The van der Waals surface area contributed by atoms with Gasteiger partial charge in [0.25, 0.3) is 0 Å². The molecule has 1 aliphatic rings. The molecule has 8 nitrogen and oxygen atoms in total. The van der Waals surface area contributed by atoms with Crippen LogP contribution >= 0.6 is 11.6 Å². The highest BCUT2D eigenvalue weighted by atomic mass is 35.5. The van der Waals surface area contributed by atoms with Crippen molar-refractivity contribution in [2.24, 2.45) is 0 Å². The van der Waals surface area contributed by atoms with Gasteiger partial charge in [0.05, 0.1) is 10.6 Å². The second-order valence-electron chi connectivity index (χ2n) is 9.95. The fourth-order valence-electron chi connectivity index (χ4n) is 4.62. The first-order chi connectivity index (χ1) is 19.2. The maximum atomic E-state index is 13.1. The van der Waals surface area contributed by atoms with E-state index < -0.39 is 11.7 Å². The van der Waals surface area contributed by atoms with Crippen LogP contribution in [0.3, 0.4) is 0 Å². The summed E-state index contributed by atoms with van der Waals surface area (Å²) in [7, 11) is 0. The van der Waals surface area contributed by atoms with Crippen molar-refractivity contribution in [3.8, 4) is 0 Å². The number of rotatable bonds is 11. The molecule has 0 bridgehead atoms. The molecule has 0 unspecified atom stereocenters. The Kier molecular flexibility index (Phi) is 9.89. The summed E-state index contributed by atoms with van der Waals surface area (Å²) in [6.07, 6.45) is 1.39. The summed E-state index contributed by atoms with van der Waals surface area (Å²) in [5.74, 6) is 2.13. The van der Waals surface area contributed by atoms with Gasteiger partial charge < -0.3 is 20.0 Å². The van der Waals surface area contributed by atoms with E-state index in [1.165, 1.54) is 12.1 Å². The molecule has 1 atom stereocenters. The minimum absolute atomic E-state index is 0.0423. The Morgan fingerprint density at radius 1 is 1.00 bits per heavy atom. The van der Waals surface area contributed by atoms with Gasteiger partial charge in [0.2, 0.25) is 17.8 Å². The third kappa shape index (κ3) is 7.44. The van der Waals surface area contributed by atoms with E-state index in [2.05, 4.69) is 45.8 Å². The van der Waals surface area contributed by atoms with Crippen molar-refractivity contribution in [2.75, 3.05) is 52.7 Å². The summed E-state index contributed by atoms with van der Waals surface area (Å²) in [6.45, 7) is 9.99. The van der Waals surface area contributed by atoms with E-state index in [0.717, 1.165) is 56.7 Å². The van der Waals surface area contributed by atoms with Gasteiger partial charge in [0.15, 0.2) is 0 Å². The second-order valence-corrected chi connectivity index (χ2v) is 10.4. The highest BCUT2D eigenvalue weighted by Gasteiger charge is 2.31. The first-order valence-electron chi connectivity index (χ1n) is 13.8. The number of anilines is 5. The van der Waals surface area contributed by atoms with Crippen LogP contribution in [0.1, 0.15) is 52.0 Å². The third-order valence-corrected chi connectivity index (χ3v) is 7.14. The predicted molar refractivity (Wildman–Crippen MR) is 155 cm³/mol. The molecule has 1 fully saturated rings. The Labute approximate surface area is 238 Å². The lowest BCUT2D eigenvalue weighted by molar-refractivity contribution is -0.137. The minimum Gasteiger partial charge on any atom is -0.352 e. The Hall–Kier alpha value is -3.34. The number of piperazine rings is 1. The fraction of sp³-hybridized carbons (Fsp3) is 0.500. The Morgan fingerprint density at radius 2 is 1.70 bits per heavy atom. The average Bonchev–Trinajstić information content (AvgIpc) is 2.93. The second kappa shape index (κ2) is 13.3. The van der Waals surface area contributed by atoms with Crippen molar-refractivity contribution in [2.45, 2.75) is 58.7 Å². The van der Waals surface area contributed by atoms with Crippen molar-refractivity contribution < 1.29 is 13.2 Å².